The lowest BCUT2D eigenvalue weighted by Crippen LogP contribution is -2.44. The first kappa shape index (κ1) is 16.9. The second-order valence-electron chi connectivity index (χ2n) is 5.64. The average Bonchev–Trinajstić information content (AvgIpc) is 2.46. The van der Waals surface area contributed by atoms with Gasteiger partial charge in [-0.15, -0.1) is 0 Å². The molecule has 0 saturated heterocycles. The fraction of sp³-hybridized carbons (Fsp3) is 0.600. The average molecular weight is 375 g/mol. The van der Waals surface area contributed by atoms with Gasteiger partial charge in [0.05, 0.1) is 4.90 Å². The van der Waals surface area contributed by atoms with Gasteiger partial charge in [0.1, 0.15) is 0 Å². The summed E-state index contributed by atoms with van der Waals surface area (Å²) in [6, 6.07) is 7.17. The van der Waals surface area contributed by atoms with Crippen LogP contribution < -0.4 is 5.73 Å². The summed E-state index contributed by atoms with van der Waals surface area (Å²) in [7, 11) is -3.43. The molecule has 21 heavy (non-hydrogen) atoms. The minimum atomic E-state index is -3.43. The number of sulfonamides is 1. The molecule has 1 aliphatic carbocycles. The van der Waals surface area contributed by atoms with Crippen molar-refractivity contribution in [1.29, 1.82) is 0 Å². The zero-order chi connectivity index (χ0) is 15.5. The molecule has 4 nitrogen and oxygen atoms in total. The van der Waals surface area contributed by atoms with Crippen molar-refractivity contribution in [2.45, 2.75) is 56.0 Å². The van der Waals surface area contributed by atoms with Crippen LogP contribution >= 0.6 is 15.9 Å². The third-order valence-electron chi connectivity index (χ3n) is 4.01. The normalized spacial score (nSPS) is 23.4. The van der Waals surface area contributed by atoms with Crippen molar-refractivity contribution in [2.24, 2.45) is 5.73 Å². The van der Waals surface area contributed by atoms with E-state index in [2.05, 4.69) is 15.9 Å². The van der Waals surface area contributed by atoms with Gasteiger partial charge in [0.15, 0.2) is 0 Å². The highest BCUT2D eigenvalue weighted by molar-refractivity contribution is 9.10. The predicted molar refractivity (Wildman–Crippen MR) is 88.6 cm³/mol. The Balaban J connectivity index is 2.25. The van der Waals surface area contributed by atoms with E-state index >= 15 is 0 Å². The summed E-state index contributed by atoms with van der Waals surface area (Å²) in [6.07, 6.45) is 4.34. The number of benzene rings is 1. The van der Waals surface area contributed by atoms with Crippen molar-refractivity contribution in [1.82, 2.24) is 4.31 Å². The van der Waals surface area contributed by atoms with E-state index in [0.717, 1.165) is 36.6 Å². The van der Waals surface area contributed by atoms with Crippen molar-refractivity contribution in [3.05, 3.63) is 28.7 Å². The minimum Gasteiger partial charge on any atom is -0.328 e. The second-order valence-corrected chi connectivity index (χ2v) is 8.44. The first-order valence-electron chi connectivity index (χ1n) is 7.48. The Morgan fingerprint density at radius 2 is 1.76 bits per heavy atom. The van der Waals surface area contributed by atoms with Crippen LogP contribution in [-0.4, -0.2) is 31.4 Å². The zero-order valence-electron chi connectivity index (χ0n) is 12.3. The van der Waals surface area contributed by atoms with Gasteiger partial charge in [0, 0.05) is 23.1 Å². The van der Waals surface area contributed by atoms with Gasteiger partial charge in [0.2, 0.25) is 10.0 Å². The summed E-state index contributed by atoms with van der Waals surface area (Å²) < 4.78 is 28.4. The monoisotopic (exact) mass is 374 g/mol. The Morgan fingerprint density at radius 1 is 1.19 bits per heavy atom. The molecule has 1 saturated carbocycles. The number of hydrogen-bond acceptors (Lipinski definition) is 3. The lowest BCUT2D eigenvalue weighted by molar-refractivity contribution is 0.240. The van der Waals surface area contributed by atoms with Crippen molar-refractivity contribution >= 4 is 26.0 Å². The van der Waals surface area contributed by atoms with Crippen LogP contribution in [0.1, 0.15) is 39.0 Å². The van der Waals surface area contributed by atoms with Gasteiger partial charge in [-0.3, -0.25) is 0 Å². The maximum absolute atomic E-state index is 12.9. The summed E-state index contributed by atoms with van der Waals surface area (Å²) in [5.41, 5.74) is 5.93. The second kappa shape index (κ2) is 7.22. The van der Waals surface area contributed by atoms with Crippen LogP contribution in [-0.2, 0) is 10.0 Å². The Morgan fingerprint density at radius 3 is 2.29 bits per heavy atom. The first-order chi connectivity index (χ1) is 9.95. The molecule has 0 unspecified atom stereocenters. The highest BCUT2D eigenvalue weighted by atomic mass is 79.9. The summed E-state index contributed by atoms with van der Waals surface area (Å²) in [6.45, 7) is 2.58. The molecular weight excluding hydrogens is 352 g/mol. The van der Waals surface area contributed by atoms with E-state index in [0.29, 0.717) is 11.4 Å². The van der Waals surface area contributed by atoms with Gasteiger partial charge in [-0.2, -0.15) is 4.31 Å². The highest BCUT2D eigenvalue weighted by Gasteiger charge is 2.32. The molecule has 0 radical (unpaired) electrons. The van der Waals surface area contributed by atoms with Crippen LogP contribution in [0.25, 0.3) is 0 Å². The maximum Gasteiger partial charge on any atom is 0.243 e. The molecule has 0 spiro atoms. The maximum atomic E-state index is 12.9. The molecule has 6 heteroatoms. The number of nitrogens with two attached hydrogens (primary N) is 1. The van der Waals surface area contributed by atoms with E-state index in [1.807, 2.05) is 6.92 Å². The Hall–Kier alpha value is -0.430. The minimum absolute atomic E-state index is 0.0818. The molecule has 0 heterocycles. The van der Waals surface area contributed by atoms with E-state index < -0.39 is 10.0 Å². The Labute approximate surface area is 135 Å². The lowest BCUT2D eigenvalue weighted by atomic mass is 9.92. The molecule has 1 aromatic rings. The molecule has 2 rings (SSSR count). The van der Waals surface area contributed by atoms with Gasteiger partial charge < -0.3 is 5.73 Å². The Kier molecular flexibility index (Phi) is 5.82. The molecule has 1 aromatic carbocycles. The SMILES string of the molecule is CCCN(C1CCC(N)CC1)S(=O)(=O)c1ccc(Br)cc1. The molecule has 1 fully saturated rings. The van der Waals surface area contributed by atoms with Gasteiger partial charge >= 0.3 is 0 Å². The molecular formula is C15H23BrN2O2S. The van der Waals surface area contributed by atoms with Crippen LogP contribution in [0, 0.1) is 0 Å². The topological polar surface area (TPSA) is 63.4 Å². The number of rotatable bonds is 5. The molecule has 0 atom stereocenters. The molecule has 118 valence electrons. The molecule has 0 bridgehead atoms. The predicted octanol–water partition coefficient (Wildman–Crippen LogP) is 3.12. The quantitative estimate of drug-likeness (QED) is 0.860. The van der Waals surface area contributed by atoms with Crippen LogP contribution in [0.4, 0.5) is 0 Å². The standard InChI is InChI=1S/C15H23BrN2O2S/c1-2-11-18(14-7-5-13(17)6-8-14)21(19,20)15-9-3-12(16)4-10-15/h3-4,9-10,13-14H,2,5-8,11,17H2,1H3. The largest absolute Gasteiger partial charge is 0.328 e. The van der Waals surface area contributed by atoms with E-state index in [4.69, 9.17) is 5.73 Å². The highest BCUT2D eigenvalue weighted by Crippen LogP contribution is 2.28. The van der Waals surface area contributed by atoms with Crippen molar-refractivity contribution < 1.29 is 8.42 Å². The van der Waals surface area contributed by atoms with Gasteiger partial charge in [-0.1, -0.05) is 22.9 Å². The zero-order valence-corrected chi connectivity index (χ0v) is 14.7. The van der Waals surface area contributed by atoms with Crippen molar-refractivity contribution in [2.75, 3.05) is 6.54 Å². The number of hydrogen-bond donors (Lipinski definition) is 1. The Bertz CT molecular complexity index is 552. The molecule has 0 aromatic heterocycles. The first-order valence-corrected chi connectivity index (χ1v) is 9.71. The number of halogens is 1. The lowest BCUT2D eigenvalue weighted by Gasteiger charge is -2.35. The van der Waals surface area contributed by atoms with Crippen LogP contribution in [0.3, 0.4) is 0 Å². The van der Waals surface area contributed by atoms with E-state index in [9.17, 15) is 8.42 Å². The van der Waals surface area contributed by atoms with Crippen molar-refractivity contribution in [3.8, 4) is 0 Å². The molecule has 0 amide bonds. The third kappa shape index (κ3) is 4.06. The van der Waals surface area contributed by atoms with E-state index in [1.54, 1.807) is 28.6 Å². The van der Waals surface area contributed by atoms with Crippen LogP contribution in [0.15, 0.2) is 33.6 Å². The van der Waals surface area contributed by atoms with E-state index in [-0.39, 0.29) is 12.1 Å². The fourth-order valence-electron chi connectivity index (χ4n) is 2.85. The molecule has 1 aliphatic rings. The third-order valence-corrected chi connectivity index (χ3v) is 6.51. The number of nitrogens with zero attached hydrogens (tertiary/aromatic N) is 1. The fourth-order valence-corrected chi connectivity index (χ4v) is 4.89. The van der Waals surface area contributed by atoms with Gasteiger partial charge in [0.25, 0.3) is 0 Å². The summed E-state index contributed by atoms with van der Waals surface area (Å²) in [4.78, 5) is 0.369. The molecule has 2 N–H and O–H groups in total. The van der Waals surface area contributed by atoms with Gasteiger partial charge in [-0.05, 0) is 56.4 Å². The van der Waals surface area contributed by atoms with Gasteiger partial charge in [-0.25, -0.2) is 8.42 Å². The van der Waals surface area contributed by atoms with Crippen LogP contribution in [0.5, 0.6) is 0 Å². The van der Waals surface area contributed by atoms with Crippen LogP contribution in [0.2, 0.25) is 0 Å². The smallest absolute Gasteiger partial charge is 0.243 e. The summed E-state index contributed by atoms with van der Waals surface area (Å²) in [5.74, 6) is 0. The van der Waals surface area contributed by atoms with E-state index in [1.165, 1.54) is 0 Å². The van der Waals surface area contributed by atoms with Crippen molar-refractivity contribution in [3.63, 3.8) is 0 Å². The molecule has 0 aliphatic heterocycles. The summed E-state index contributed by atoms with van der Waals surface area (Å²) >= 11 is 3.34. The summed E-state index contributed by atoms with van der Waals surface area (Å²) in [5, 5.41) is 0.